The first kappa shape index (κ1) is 8.99. The molecular weight excluding hydrogens is 176 g/mol. The summed E-state index contributed by atoms with van der Waals surface area (Å²) in [4.78, 5) is 0. The second kappa shape index (κ2) is 6.11. The third-order valence-corrected chi connectivity index (χ3v) is 3.44. The van der Waals surface area contributed by atoms with Crippen LogP contribution in [0.15, 0.2) is 12.2 Å². The van der Waals surface area contributed by atoms with Gasteiger partial charge in [0.05, 0.1) is 0 Å². The second-order valence-corrected chi connectivity index (χ2v) is 5.57. The largest absolute Gasteiger partial charge is 0.468 e. The Morgan fingerprint density at radius 1 is 1.75 bits per heavy atom. The molecule has 0 radical (unpaired) electrons. The second-order valence-electron chi connectivity index (χ2n) is 2.10. The van der Waals surface area contributed by atoms with Gasteiger partial charge in [-0.1, -0.05) is 12.0 Å². The quantitative estimate of drug-likeness (QED) is 0.361. The van der Waals surface area contributed by atoms with Crippen LogP contribution in [0, 0.1) is 0 Å². The zero-order chi connectivity index (χ0) is 6.41. The van der Waals surface area contributed by atoms with Crippen LogP contribution in [-0.4, -0.2) is 18.2 Å². The Balaban J connectivity index is 2.82. The molecule has 2 heteroatoms. The minimum absolute atomic E-state index is 0.142. The maximum atomic E-state index is 3.83. The topological polar surface area (TPSA) is 0 Å². The summed E-state index contributed by atoms with van der Waals surface area (Å²) in [5.74, 6) is 0. The van der Waals surface area contributed by atoms with Crippen molar-refractivity contribution in [3.63, 3.8) is 0 Å². The van der Waals surface area contributed by atoms with E-state index in [0.29, 0.717) is 0 Å². The summed E-state index contributed by atoms with van der Waals surface area (Å²) in [7, 11) is 0. The zero-order valence-electron chi connectivity index (χ0n) is 5.41. The standard InChI is InChI=1S/C6H11.BrH.Mg/c1-4-5-6(2)3;;/h1-2,4-5H2,3H3;1H;/q;;+1/p-1. The normalized spacial score (nSPS) is 8.25. The van der Waals surface area contributed by atoms with Gasteiger partial charge in [-0.25, -0.2) is 0 Å². The molecule has 0 saturated heterocycles. The Kier molecular flexibility index (Phi) is 6.86. The summed E-state index contributed by atoms with van der Waals surface area (Å²) in [5, 5.41) is 0. The van der Waals surface area contributed by atoms with E-state index < -0.39 is 0 Å². The molecule has 0 aliphatic heterocycles. The van der Waals surface area contributed by atoms with Crippen LogP contribution in [0.1, 0.15) is 19.8 Å². The predicted molar refractivity (Wildman–Crippen MR) is 43.5 cm³/mol. The lowest BCUT2D eigenvalue weighted by Crippen LogP contribution is -1.78. The highest BCUT2D eigenvalue weighted by molar-refractivity contribution is 9.23. The van der Waals surface area contributed by atoms with Gasteiger partial charge in [0.25, 0.3) is 0 Å². The van der Waals surface area contributed by atoms with Crippen LogP contribution >= 0.6 is 12.9 Å². The van der Waals surface area contributed by atoms with Gasteiger partial charge < -0.3 is 12.9 Å². The van der Waals surface area contributed by atoms with Crippen molar-refractivity contribution in [2.75, 3.05) is 0 Å². The third-order valence-electron chi connectivity index (χ3n) is 0.987. The number of halogens is 1. The van der Waals surface area contributed by atoms with Crippen molar-refractivity contribution < 1.29 is 0 Å². The molecule has 44 valence electrons. The van der Waals surface area contributed by atoms with Gasteiger partial charge in [-0.3, -0.25) is 0 Å². The van der Waals surface area contributed by atoms with Gasteiger partial charge in [0.1, 0.15) is 0 Å². The highest BCUT2D eigenvalue weighted by Gasteiger charge is 1.89. The molecule has 0 rings (SSSR count). The smallest absolute Gasteiger partial charge is 0.307 e. The summed E-state index contributed by atoms with van der Waals surface area (Å²) in [6.45, 7) is 5.92. The fraction of sp³-hybridized carbons (Fsp3) is 0.667. The molecule has 0 aromatic carbocycles. The van der Waals surface area contributed by atoms with Crippen LogP contribution in [0.2, 0.25) is 4.55 Å². The first-order chi connectivity index (χ1) is 3.77. The lowest BCUT2D eigenvalue weighted by molar-refractivity contribution is 0.906. The lowest BCUT2D eigenvalue weighted by atomic mass is 10.2. The van der Waals surface area contributed by atoms with Crippen LogP contribution in [0.3, 0.4) is 0 Å². The van der Waals surface area contributed by atoms with Crippen molar-refractivity contribution in [2.24, 2.45) is 0 Å². The van der Waals surface area contributed by atoms with Gasteiger partial charge in [-0.05, 0) is 13.3 Å². The van der Waals surface area contributed by atoms with Crippen molar-refractivity contribution in [3.8, 4) is 0 Å². The number of hydrogen-bond acceptors (Lipinski definition) is 0. The number of rotatable bonds is 4. The Morgan fingerprint density at radius 3 is 2.75 bits per heavy atom. The van der Waals surface area contributed by atoms with E-state index in [9.17, 15) is 0 Å². The van der Waals surface area contributed by atoms with Crippen LogP contribution in [0.4, 0.5) is 0 Å². The Hall–Kier alpha value is 0.986. The third kappa shape index (κ3) is 6.99. The van der Waals surface area contributed by atoms with Crippen molar-refractivity contribution in [3.05, 3.63) is 12.2 Å². The molecular formula is C6H11BrMg. The van der Waals surface area contributed by atoms with Gasteiger partial charge in [0, 0.05) is 0 Å². The monoisotopic (exact) mass is 186 g/mol. The molecule has 0 amide bonds. The van der Waals surface area contributed by atoms with Crippen LogP contribution < -0.4 is 0 Å². The van der Waals surface area contributed by atoms with Gasteiger partial charge in [-0.2, -0.15) is 0 Å². The van der Waals surface area contributed by atoms with Gasteiger partial charge >= 0.3 is 18.2 Å². The molecule has 0 N–H and O–H groups in total. The summed E-state index contributed by atoms with van der Waals surface area (Å²) in [5.41, 5.74) is 1.32. The fourth-order valence-electron chi connectivity index (χ4n) is 0.521. The Labute approximate surface area is 67.3 Å². The summed E-state index contributed by atoms with van der Waals surface area (Å²) < 4.78 is 1.41. The number of hydrogen-bond donors (Lipinski definition) is 0. The SMILES string of the molecule is C=C(C)CC[CH2][Mg][Br]. The number of allylic oxidation sites excluding steroid dienone is 1. The van der Waals surface area contributed by atoms with E-state index in [-0.39, 0.29) is 18.2 Å². The molecule has 0 aromatic heterocycles. The summed E-state index contributed by atoms with van der Waals surface area (Å²) >= 11 is 3.65. The van der Waals surface area contributed by atoms with Crippen molar-refractivity contribution in [1.82, 2.24) is 0 Å². The van der Waals surface area contributed by atoms with Gasteiger partial charge in [0.15, 0.2) is 0 Å². The average molecular weight is 187 g/mol. The lowest BCUT2D eigenvalue weighted by Gasteiger charge is -1.93. The van der Waals surface area contributed by atoms with Crippen molar-refractivity contribution in [2.45, 2.75) is 24.3 Å². The molecule has 0 saturated carbocycles. The Bertz CT molecular complexity index is 70.9. The summed E-state index contributed by atoms with van der Waals surface area (Å²) in [6.07, 6.45) is 2.56. The molecule has 0 heterocycles. The van der Waals surface area contributed by atoms with Crippen LogP contribution in [-0.2, 0) is 0 Å². The maximum Gasteiger partial charge on any atom is 0.468 e. The van der Waals surface area contributed by atoms with Crippen molar-refractivity contribution in [1.29, 1.82) is 0 Å². The first-order valence-corrected chi connectivity index (χ1v) is 7.87. The van der Waals surface area contributed by atoms with E-state index in [4.69, 9.17) is 0 Å². The average Bonchev–Trinajstić information content (AvgIpc) is 1.66. The molecule has 0 fully saturated rings. The highest BCUT2D eigenvalue weighted by atomic mass is 79.9. The van der Waals surface area contributed by atoms with E-state index >= 15 is 0 Å². The maximum absolute atomic E-state index is 3.83. The van der Waals surface area contributed by atoms with Gasteiger partial charge in [-0.15, -0.1) is 11.1 Å². The predicted octanol–water partition coefficient (Wildman–Crippen LogP) is 2.78. The fourth-order valence-corrected chi connectivity index (χ4v) is 2.15. The summed E-state index contributed by atoms with van der Waals surface area (Å²) in [6, 6.07) is 0. The molecule has 0 spiro atoms. The van der Waals surface area contributed by atoms with E-state index in [1.54, 1.807) is 0 Å². The van der Waals surface area contributed by atoms with E-state index in [1.165, 1.54) is 23.0 Å². The molecule has 8 heavy (non-hydrogen) atoms. The van der Waals surface area contributed by atoms with E-state index in [2.05, 4.69) is 26.4 Å². The van der Waals surface area contributed by atoms with Crippen LogP contribution in [0.25, 0.3) is 0 Å². The Morgan fingerprint density at radius 2 is 2.38 bits per heavy atom. The minimum atomic E-state index is 0.142. The molecule has 0 aliphatic carbocycles. The molecule has 0 atom stereocenters. The first-order valence-electron chi connectivity index (χ1n) is 2.97. The van der Waals surface area contributed by atoms with E-state index in [1.807, 2.05) is 0 Å². The highest BCUT2D eigenvalue weighted by Crippen LogP contribution is 2.04. The van der Waals surface area contributed by atoms with Crippen LogP contribution in [0.5, 0.6) is 0 Å². The zero-order valence-corrected chi connectivity index (χ0v) is 8.41. The van der Waals surface area contributed by atoms with E-state index in [0.717, 1.165) is 0 Å². The molecule has 0 aromatic rings. The molecule has 0 bridgehead atoms. The molecule has 0 nitrogen and oxygen atoms in total. The molecule has 0 unspecified atom stereocenters. The van der Waals surface area contributed by atoms with Gasteiger partial charge in [0.2, 0.25) is 0 Å². The van der Waals surface area contributed by atoms with Crippen molar-refractivity contribution >= 4 is 31.1 Å². The molecule has 0 aliphatic rings. The minimum Gasteiger partial charge on any atom is -0.307 e.